The molecule has 9 rings (SSSR count). The third kappa shape index (κ3) is 4.38. The Bertz CT molecular complexity index is 2140. The molecule has 2 aliphatic heterocycles. The summed E-state index contributed by atoms with van der Waals surface area (Å²) in [4.78, 5) is 2.48. The number of fused-ring (bicyclic) bond motifs is 8. The first-order chi connectivity index (χ1) is 23.2. The number of anilines is 2. The van der Waals surface area contributed by atoms with Crippen LogP contribution >= 0.6 is 15.9 Å². The molecule has 0 amide bonds. The average Bonchev–Trinajstić information content (AvgIpc) is 3.14. The number of benzene rings is 7. The molecule has 47 heavy (non-hydrogen) atoms. The number of rotatable bonds is 4. The lowest BCUT2D eigenvalue weighted by Gasteiger charge is -2.49. The van der Waals surface area contributed by atoms with E-state index in [9.17, 15) is 0 Å². The molecule has 0 fully saturated rings. The van der Waals surface area contributed by atoms with E-state index < -0.39 is 5.41 Å². The van der Waals surface area contributed by atoms with Crippen molar-refractivity contribution < 1.29 is 4.74 Å². The summed E-state index contributed by atoms with van der Waals surface area (Å²) in [6.07, 6.45) is 0. The Kier molecular flexibility index (Phi) is 6.62. The molecule has 0 N–H and O–H groups in total. The summed E-state index contributed by atoms with van der Waals surface area (Å²) in [7, 11) is 0. The SMILES string of the molecule is Brc1ccccc1CN1c2ccccc2C2(c3cc(-c4ccccc4)ccc3Oc3ccc(-c4ccccc4)cc32)c2ccccc21. The number of para-hydroxylation sites is 2. The quantitative estimate of drug-likeness (QED) is 0.185. The molecule has 0 saturated heterocycles. The van der Waals surface area contributed by atoms with Crippen LogP contribution < -0.4 is 9.64 Å². The van der Waals surface area contributed by atoms with Gasteiger partial charge in [0.15, 0.2) is 0 Å². The first kappa shape index (κ1) is 27.9. The third-order valence-corrected chi connectivity index (χ3v) is 10.5. The standard InChI is InChI=1S/C44H30BrNO/c45-39-20-10-7-17-34(39)29-46-40-21-11-8-18-35(40)44(36-19-9-12-22-41(36)46)37-27-32(30-13-3-1-4-14-30)23-25-42(37)47-43-26-24-33(28-38(43)44)31-15-5-2-6-16-31/h1-28H,29H2. The highest BCUT2D eigenvalue weighted by atomic mass is 79.9. The molecule has 0 radical (unpaired) electrons. The van der Waals surface area contributed by atoms with Crippen LogP contribution in [0.1, 0.15) is 27.8 Å². The highest BCUT2D eigenvalue weighted by Crippen LogP contribution is 2.62. The van der Waals surface area contributed by atoms with Gasteiger partial charge in [0.1, 0.15) is 11.5 Å². The lowest BCUT2D eigenvalue weighted by atomic mass is 9.60. The van der Waals surface area contributed by atoms with Gasteiger partial charge in [-0.25, -0.2) is 0 Å². The molecule has 0 aromatic heterocycles. The summed E-state index contributed by atoms with van der Waals surface area (Å²) in [5.74, 6) is 1.77. The first-order valence-corrected chi connectivity index (χ1v) is 16.8. The zero-order chi connectivity index (χ0) is 31.4. The molecular weight excluding hydrogens is 638 g/mol. The number of nitrogens with zero attached hydrogens (tertiary/aromatic N) is 1. The second kappa shape index (κ2) is 11.2. The third-order valence-electron chi connectivity index (χ3n) is 9.69. The van der Waals surface area contributed by atoms with Crippen LogP contribution in [0.15, 0.2) is 174 Å². The zero-order valence-electron chi connectivity index (χ0n) is 25.6. The molecule has 2 aliphatic rings. The summed E-state index contributed by atoms with van der Waals surface area (Å²) in [5.41, 5.74) is 12.5. The van der Waals surface area contributed by atoms with Crippen LogP contribution in [0.3, 0.4) is 0 Å². The first-order valence-electron chi connectivity index (χ1n) is 16.0. The summed E-state index contributed by atoms with van der Waals surface area (Å²) in [6.45, 7) is 0.732. The molecule has 0 atom stereocenters. The van der Waals surface area contributed by atoms with E-state index in [0.717, 1.165) is 33.6 Å². The molecule has 1 spiro atoms. The van der Waals surface area contributed by atoms with Crippen LogP contribution in [0, 0.1) is 0 Å². The van der Waals surface area contributed by atoms with E-state index in [0.29, 0.717) is 0 Å². The summed E-state index contributed by atoms with van der Waals surface area (Å²) in [6, 6.07) is 61.1. The van der Waals surface area contributed by atoms with Crippen LogP contribution in [-0.4, -0.2) is 0 Å². The van der Waals surface area contributed by atoms with E-state index in [1.54, 1.807) is 0 Å². The summed E-state index contributed by atoms with van der Waals surface area (Å²) < 4.78 is 7.94. The van der Waals surface area contributed by atoms with Crippen molar-refractivity contribution in [2.24, 2.45) is 0 Å². The molecule has 0 bridgehead atoms. The molecule has 0 aliphatic carbocycles. The van der Waals surface area contributed by atoms with Gasteiger partial charge in [-0.2, -0.15) is 0 Å². The van der Waals surface area contributed by atoms with Gasteiger partial charge in [0, 0.05) is 33.5 Å². The van der Waals surface area contributed by atoms with Crippen LogP contribution in [0.4, 0.5) is 11.4 Å². The van der Waals surface area contributed by atoms with Crippen molar-refractivity contribution in [3.63, 3.8) is 0 Å². The van der Waals surface area contributed by atoms with Gasteiger partial charge in [0.05, 0.1) is 5.41 Å². The molecule has 3 heteroatoms. The van der Waals surface area contributed by atoms with Crippen LogP contribution in [-0.2, 0) is 12.0 Å². The molecule has 2 heterocycles. The van der Waals surface area contributed by atoms with E-state index in [-0.39, 0.29) is 0 Å². The minimum atomic E-state index is -0.629. The maximum absolute atomic E-state index is 6.84. The summed E-state index contributed by atoms with van der Waals surface area (Å²) >= 11 is 3.83. The Labute approximate surface area is 283 Å². The predicted octanol–water partition coefficient (Wildman–Crippen LogP) is 11.9. The Morgan fingerprint density at radius 2 is 0.915 bits per heavy atom. The molecule has 0 saturated carbocycles. The molecule has 0 unspecified atom stereocenters. The second-order valence-electron chi connectivity index (χ2n) is 12.2. The molecule has 7 aromatic carbocycles. The normalized spacial score (nSPS) is 13.6. The number of hydrogen-bond donors (Lipinski definition) is 0. The number of hydrogen-bond acceptors (Lipinski definition) is 2. The van der Waals surface area contributed by atoms with Crippen molar-refractivity contribution in [1.29, 1.82) is 0 Å². The van der Waals surface area contributed by atoms with Crippen molar-refractivity contribution >= 4 is 27.3 Å². The van der Waals surface area contributed by atoms with E-state index in [2.05, 4.69) is 191 Å². The lowest BCUT2D eigenvalue weighted by molar-refractivity contribution is 0.434. The fourth-order valence-electron chi connectivity index (χ4n) is 7.58. The maximum Gasteiger partial charge on any atom is 0.132 e. The van der Waals surface area contributed by atoms with Gasteiger partial charge in [0.2, 0.25) is 0 Å². The predicted molar refractivity (Wildman–Crippen MR) is 196 cm³/mol. The van der Waals surface area contributed by atoms with Crippen molar-refractivity contribution in [1.82, 2.24) is 0 Å². The highest BCUT2D eigenvalue weighted by Gasteiger charge is 2.51. The molecule has 2 nitrogen and oxygen atoms in total. The van der Waals surface area contributed by atoms with Crippen molar-refractivity contribution in [2.75, 3.05) is 4.90 Å². The molecule has 7 aromatic rings. The van der Waals surface area contributed by atoms with E-state index >= 15 is 0 Å². The molecular formula is C44H30BrNO. The van der Waals surface area contributed by atoms with Gasteiger partial charge in [-0.3, -0.25) is 0 Å². The van der Waals surface area contributed by atoms with E-state index in [1.165, 1.54) is 50.3 Å². The van der Waals surface area contributed by atoms with Crippen molar-refractivity contribution in [3.8, 4) is 33.8 Å². The monoisotopic (exact) mass is 667 g/mol. The maximum atomic E-state index is 6.84. The van der Waals surface area contributed by atoms with Gasteiger partial charge in [-0.1, -0.05) is 143 Å². The minimum Gasteiger partial charge on any atom is -0.457 e. The Morgan fingerprint density at radius 3 is 1.45 bits per heavy atom. The lowest BCUT2D eigenvalue weighted by Crippen LogP contribution is -2.40. The van der Waals surface area contributed by atoms with Gasteiger partial charge in [0.25, 0.3) is 0 Å². The largest absolute Gasteiger partial charge is 0.457 e. The van der Waals surface area contributed by atoms with Crippen LogP contribution in [0.2, 0.25) is 0 Å². The van der Waals surface area contributed by atoms with Gasteiger partial charge in [-0.05, 0) is 81.4 Å². The second-order valence-corrected chi connectivity index (χ2v) is 13.1. The van der Waals surface area contributed by atoms with E-state index in [4.69, 9.17) is 4.74 Å². The van der Waals surface area contributed by atoms with E-state index in [1.807, 2.05) is 0 Å². The van der Waals surface area contributed by atoms with Gasteiger partial charge < -0.3 is 9.64 Å². The fourth-order valence-corrected chi connectivity index (χ4v) is 7.99. The average molecular weight is 669 g/mol. The van der Waals surface area contributed by atoms with Crippen LogP contribution in [0.5, 0.6) is 11.5 Å². The van der Waals surface area contributed by atoms with Crippen molar-refractivity contribution in [3.05, 3.63) is 202 Å². The van der Waals surface area contributed by atoms with Gasteiger partial charge >= 0.3 is 0 Å². The summed E-state index contributed by atoms with van der Waals surface area (Å²) in [5, 5.41) is 0. The van der Waals surface area contributed by atoms with Crippen LogP contribution in [0.25, 0.3) is 22.3 Å². The number of halogens is 1. The van der Waals surface area contributed by atoms with Crippen molar-refractivity contribution in [2.45, 2.75) is 12.0 Å². The topological polar surface area (TPSA) is 12.5 Å². The zero-order valence-corrected chi connectivity index (χ0v) is 27.2. The smallest absolute Gasteiger partial charge is 0.132 e. The van der Waals surface area contributed by atoms with Gasteiger partial charge in [-0.15, -0.1) is 0 Å². The fraction of sp³-hybridized carbons (Fsp3) is 0.0455. The Balaban J connectivity index is 1.38. The Morgan fingerprint density at radius 1 is 0.447 bits per heavy atom. The highest BCUT2D eigenvalue weighted by molar-refractivity contribution is 9.10. The Hall–Kier alpha value is -5.38. The number of ether oxygens (including phenoxy) is 1. The molecule has 224 valence electrons. The minimum absolute atomic E-state index is 0.629.